The molecule has 0 bridgehead atoms. The van der Waals surface area contributed by atoms with Crippen LogP contribution in [0.3, 0.4) is 0 Å². The van der Waals surface area contributed by atoms with E-state index in [1.807, 2.05) is 12.1 Å². The van der Waals surface area contributed by atoms with E-state index in [1.165, 1.54) is 0 Å². The van der Waals surface area contributed by atoms with Crippen LogP contribution < -0.4 is 15.4 Å². The zero-order valence-electron chi connectivity index (χ0n) is 15.1. The van der Waals surface area contributed by atoms with E-state index in [1.54, 1.807) is 12.4 Å². The molecule has 0 saturated carbocycles. The van der Waals surface area contributed by atoms with Crippen molar-refractivity contribution in [3.8, 4) is 17.1 Å². The van der Waals surface area contributed by atoms with Crippen molar-refractivity contribution < 1.29 is 9.47 Å². The minimum atomic E-state index is 0.185. The molecule has 4 rings (SSSR count). The molecule has 0 unspecified atom stereocenters. The minimum absolute atomic E-state index is 0.185. The predicted molar refractivity (Wildman–Crippen MR) is 102 cm³/mol. The molecule has 9 heteroatoms. The molecule has 1 aliphatic heterocycles. The Balaban J connectivity index is 1.71. The van der Waals surface area contributed by atoms with Crippen LogP contribution in [0.2, 0.25) is 0 Å². The van der Waals surface area contributed by atoms with Crippen LogP contribution in [0, 0.1) is 0 Å². The molecule has 9 nitrogen and oxygen atoms in total. The monoisotopic (exact) mass is 367 g/mol. The first-order valence-electron chi connectivity index (χ1n) is 8.97. The summed E-state index contributed by atoms with van der Waals surface area (Å²) in [5.74, 6) is 1.47. The van der Waals surface area contributed by atoms with Gasteiger partial charge < -0.3 is 20.1 Å². The Kier molecular flexibility index (Phi) is 4.93. The molecule has 2 N–H and O–H groups in total. The van der Waals surface area contributed by atoms with Gasteiger partial charge in [-0.2, -0.15) is 9.97 Å². The van der Waals surface area contributed by atoms with Crippen LogP contribution in [0.5, 0.6) is 5.88 Å². The highest BCUT2D eigenvalue weighted by atomic mass is 16.5. The third kappa shape index (κ3) is 3.72. The number of ether oxygens (including phenoxy) is 2. The van der Waals surface area contributed by atoms with Crippen molar-refractivity contribution in [2.45, 2.75) is 13.3 Å². The van der Waals surface area contributed by atoms with Gasteiger partial charge in [-0.05, 0) is 12.5 Å². The summed E-state index contributed by atoms with van der Waals surface area (Å²) in [5.41, 5.74) is 8.50. The van der Waals surface area contributed by atoms with E-state index in [0.717, 1.165) is 25.1 Å². The molecule has 0 radical (unpaired) electrons. The Morgan fingerprint density at radius 1 is 1.11 bits per heavy atom. The van der Waals surface area contributed by atoms with E-state index in [-0.39, 0.29) is 5.95 Å². The first-order valence-corrected chi connectivity index (χ1v) is 8.97. The topological polar surface area (TPSA) is 112 Å². The highest BCUT2D eigenvalue weighted by molar-refractivity contribution is 5.85. The number of nitrogens with zero attached hydrogens (tertiary/aromatic N) is 6. The summed E-state index contributed by atoms with van der Waals surface area (Å²) in [4.78, 5) is 24.2. The molecule has 0 amide bonds. The fourth-order valence-corrected chi connectivity index (χ4v) is 2.87. The first-order chi connectivity index (χ1) is 13.2. The maximum Gasteiger partial charge on any atom is 0.224 e. The zero-order chi connectivity index (χ0) is 18.6. The van der Waals surface area contributed by atoms with Crippen LogP contribution in [0.15, 0.2) is 24.5 Å². The Hall–Kier alpha value is -3.07. The highest BCUT2D eigenvalue weighted by Crippen LogP contribution is 2.26. The van der Waals surface area contributed by atoms with Crippen molar-refractivity contribution in [2.75, 3.05) is 43.5 Å². The molecule has 4 heterocycles. The fraction of sp³-hybridized carbons (Fsp3) is 0.389. The summed E-state index contributed by atoms with van der Waals surface area (Å²) >= 11 is 0. The number of anilines is 2. The van der Waals surface area contributed by atoms with Gasteiger partial charge in [0.15, 0.2) is 17.0 Å². The van der Waals surface area contributed by atoms with Gasteiger partial charge >= 0.3 is 0 Å². The van der Waals surface area contributed by atoms with Crippen LogP contribution in [-0.2, 0) is 4.74 Å². The third-order valence-electron chi connectivity index (χ3n) is 4.20. The average Bonchev–Trinajstić information content (AvgIpc) is 2.72. The Bertz CT molecular complexity index is 927. The molecule has 0 aliphatic carbocycles. The normalized spacial score (nSPS) is 14.5. The summed E-state index contributed by atoms with van der Waals surface area (Å²) < 4.78 is 11.0. The molecule has 140 valence electrons. The number of hydrogen-bond acceptors (Lipinski definition) is 9. The van der Waals surface area contributed by atoms with Gasteiger partial charge in [0.05, 0.1) is 31.7 Å². The summed E-state index contributed by atoms with van der Waals surface area (Å²) in [6.07, 6.45) is 4.34. The molecular weight excluding hydrogens is 346 g/mol. The first kappa shape index (κ1) is 17.3. The van der Waals surface area contributed by atoms with Gasteiger partial charge in [-0.15, -0.1) is 0 Å². The molecule has 0 spiro atoms. The standard InChI is InChI=1S/C18H21N7O2/c1-2-7-27-14-4-3-12(10-20-14)13-11-21-16-15(22-13)17(24-18(19)23-16)25-5-8-26-9-6-25/h3-4,10-11H,2,5-9H2,1H3,(H2,19,21,23,24). The van der Waals surface area contributed by atoms with Crippen LogP contribution in [-0.4, -0.2) is 57.8 Å². The van der Waals surface area contributed by atoms with Gasteiger partial charge in [0.25, 0.3) is 0 Å². The second-order valence-corrected chi connectivity index (χ2v) is 6.17. The number of pyridine rings is 1. The van der Waals surface area contributed by atoms with Crippen molar-refractivity contribution in [1.82, 2.24) is 24.9 Å². The Morgan fingerprint density at radius 2 is 1.96 bits per heavy atom. The molecule has 3 aromatic rings. The lowest BCUT2D eigenvalue weighted by molar-refractivity contribution is 0.122. The van der Waals surface area contributed by atoms with E-state index >= 15 is 0 Å². The van der Waals surface area contributed by atoms with Gasteiger partial charge in [-0.3, -0.25) is 0 Å². The van der Waals surface area contributed by atoms with Crippen LogP contribution in [0.1, 0.15) is 13.3 Å². The van der Waals surface area contributed by atoms with Crippen molar-refractivity contribution in [3.05, 3.63) is 24.5 Å². The number of nitrogen functional groups attached to an aromatic ring is 1. The molecule has 0 aromatic carbocycles. The Morgan fingerprint density at radius 3 is 2.70 bits per heavy atom. The molecule has 0 atom stereocenters. The smallest absolute Gasteiger partial charge is 0.224 e. The number of aromatic nitrogens is 5. The number of hydrogen-bond donors (Lipinski definition) is 1. The largest absolute Gasteiger partial charge is 0.478 e. The third-order valence-corrected chi connectivity index (χ3v) is 4.20. The van der Waals surface area contributed by atoms with Crippen molar-refractivity contribution >= 4 is 22.9 Å². The average molecular weight is 367 g/mol. The molecule has 3 aromatic heterocycles. The van der Waals surface area contributed by atoms with Crippen molar-refractivity contribution in [2.24, 2.45) is 0 Å². The lowest BCUT2D eigenvalue weighted by Gasteiger charge is -2.28. The molecule has 1 saturated heterocycles. The SMILES string of the molecule is CCCOc1ccc(-c2cnc3nc(N)nc(N4CCOCC4)c3n2)cn1. The van der Waals surface area contributed by atoms with E-state index in [4.69, 9.17) is 20.2 Å². The van der Waals surface area contributed by atoms with Crippen LogP contribution in [0.25, 0.3) is 22.4 Å². The second kappa shape index (κ2) is 7.67. The van der Waals surface area contributed by atoms with Crippen molar-refractivity contribution in [3.63, 3.8) is 0 Å². The number of rotatable bonds is 5. The predicted octanol–water partition coefficient (Wildman–Crippen LogP) is 1.69. The second-order valence-electron chi connectivity index (χ2n) is 6.17. The maximum atomic E-state index is 5.87. The van der Waals surface area contributed by atoms with Gasteiger partial charge in [-0.25, -0.2) is 15.0 Å². The minimum Gasteiger partial charge on any atom is -0.478 e. The molecule has 1 aliphatic rings. The van der Waals surface area contributed by atoms with E-state index < -0.39 is 0 Å². The molecule has 1 fully saturated rings. The van der Waals surface area contributed by atoms with Crippen molar-refractivity contribution in [1.29, 1.82) is 0 Å². The van der Waals surface area contributed by atoms with E-state index in [2.05, 4.69) is 31.8 Å². The number of morpholine rings is 1. The number of fused-ring (bicyclic) bond motifs is 1. The van der Waals surface area contributed by atoms with Crippen LogP contribution >= 0.6 is 0 Å². The summed E-state index contributed by atoms with van der Waals surface area (Å²) in [7, 11) is 0. The maximum absolute atomic E-state index is 5.87. The Labute approximate surface area is 156 Å². The van der Waals surface area contributed by atoms with Crippen LogP contribution in [0.4, 0.5) is 11.8 Å². The fourth-order valence-electron chi connectivity index (χ4n) is 2.87. The van der Waals surface area contributed by atoms with Gasteiger partial charge in [0, 0.05) is 30.9 Å². The lowest BCUT2D eigenvalue weighted by Crippen LogP contribution is -2.37. The van der Waals surface area contributed by atoms with Gasteiger partial charge in [0.1, 0.15) is 0 Å². The van der Waals surface area contributed by atoms with Gasteiger partial charge in [-0.1, -0.05) is 6.92 Å². The summed E-state index contributed by atoms with van der Waals surface area (Å²) in [6.45, 7) is 5.43. The van der Waals surface area contributed by atoms with Gasteiger partial charge in [0.2, 0.25) is 11.8 Å². The molecular formula is C18H21N7O2. The van der Waals surface area contributed by atoms with E-state index in [0.29, 0.717) is 48.4 Å². The summed E-state index contributed by atoms with van der Waals surface area (Å²) in [6, 6.07) is 3.75. The highest BCUT2D eigenvalue weighted by Gasteiger charge is 2.19. The summed E-state index contributed by atoms with van der Waals surface area (Å²) in [5, 5.41) is 0. The molecule has 27 heavy (non-hydrogen) atoms. The van der Waals surface area contributed by atoms with E-state index in [9.17, 15) is 0 Å². The number of nitrogens with two attached hydrogens (primary N) is 1. The quantitative estimate of drug-likeness (QED) is 0.719. The lowest BCUT2D eigenvalue weighted by atomic mass is 10.2. The zero-order valence-corrected chi connectivity index (χ0v) is 15.1.